The van der Waals surface area contributed by atoms with Gasteiger partial charge >= 0.3 is 0 Å². The molecule has 1 fully saturated rings. The van der Waals surface area contributed by atoms with Gasteiger partial charge in [0.25, 0.3) is 0 Å². The number of rotatable bonds is 5. The molecule has 126 valence electrons. The highest BCUT2D eigenvalue weighted by Crippen LogP contribution is 2.16. The predicted molar refractivity (Wildman–Crippen MR) is 89.0 cm³/mol. The second-order valence-electron chi connectivity index (χ2n) is 5.92. The van der Waals surface area contributed by atoms with Crippen LogP contribution in [0.1, 0.15) is 25.3 Å². The standard InChI is InChI=1S/C16H22N2O4S/c1-12-3-5-15(6-4-12)18(13(2)19)9-7-16(20)17-14-8-10-23(21,22)11-14/h3-6,14H,7-11H2,1-2H3,(H,17,20). The van der Waals surface area contributed by atoms with Crippen molar-refractivity contribution in [3.63, 3.8) is 0 Å². The summed E-state index contributed by atoms with van der Waals surface area (Å²) in [6, 6.07) is 7.21. The highest BCUT2D eigenvalue weighted by Gasteiger charge is 2.28. The van der Waals surface area contributed by atoms with Crippen LogP contribution in [0.5, 0.6) is 0 Å². The van der Waals surface area contributed by atoms with Crippen LogP contribution in [0.25, 0.3) is 0 Å². The van der Waals surface area contributed by atoms with Crippen molar-refractivity contribution in [1.82, 2.24) is 5.32 Å². The number of carbonyl (C=O) groups is 2. The molecule has 2 rings (SSSR count). The number of nitrogens with one attached hydrogen (secondary N) is 1. The number of hydrogen-bond acceptors (Lipinski definition) is 4. The summed E-state index contributed by atoms with van der Waals surface area (Å²) in [5, 5.41) is 2.73. The molecule has 1 saturated heterocycles. The maximum Gasteiger partial charge on any atom is 0.223 e. The maximum atomic E-state index is 12.0. The molecule has 0 radical (unpaired) electrons. The van der Waals surface area contributed by atoms with E-state index >= 15 is 0 Å². The lowest BCUT2D eigenvalue weighted by atomic mass is 10.2. The monoisotopic (exact) mass is 338 g/mol. The average Bonchev–Trinajstić information content (AvgIpc) is 2.79. The highest BCUT2D eigenvalue weighted by molar-refractivity contribution is 7.91. The van der Waals surface area contributed by atoms with Gasteiger partial charge in [-0.15, -0.1) is 0 Å². The van der Waals surface area contributed by atoms with Gasteiger partial charge in [0.05, 0.1) is 11.5 Å². The Hall–Kier alpha value is -1.89. The van der Waals surface area contributed by atoms with Crippen LogP contribution in [-0.2, 0) is 19.4 Å². The third kappa shape index (κ3) is 5.06. The van der Waals surface area contributed by atoms with Crippen LogP contribution in [0.15, 0.2) is 24.3 Å². The van der Waals surface area contributed by atoms with E-state index in [0.717, 1.165) is 11.3 Å². The van der Waals surface area contributed by atoms with E-state index in [9.17, 15) is 18.0 Å². The van der Waals surface area contributed by atoms with E-state index < -0.39 is 9.84 Å². The van der Waals surface area contributed by atoms with Crippen molar-refractivity contribution in [3.05, 3.63) is 29.8 Å². The molecule has 0 aliphatic carbocycles. The Bertz CT molecular complexity index is 683. The van der Waals surface area contributed by atoms with Gasteiger partial charge in [0.15, 0.2) is 9.84 Å². The molecule has 23 heavy (non-hydrogen) atoms. The smallest absolute Gasteiger partial charge is 0.223 e. The second kappa shape index (κ2) is 7.12. The Balaban J connectivity index is 1.90. The minimum absolute atomic E-state index is 0.00707. The summed E-state index contributed by atoms with van der Waals surface area (Å²) in [4.78, 5) is 25.3. The topological polar surface area (TPSA) is 83.6 Å². The Morgan fingerprint density at radius 3 is 2.43 bits per heavy atom. The maximum absolute atomic E-state index is 12.0. The first kappa shape index (κ1) is 17.5. The van der Waals surface area contributed by atoms with E-state index in [-0.39, 0.29) is 42.3 Å². The van der Waals surface area contributed by atoms with Crippen LogP contribution in [-0.4, -0.2) is 44.3 Å². The Morgan fingerprint density at radius 2 is 1.91 bits per heavy atom. The molecule has 0 saturated carbocycles. The van der Waals surface area contributed by atoms with E-state index in [1.165, 1.54) is 6.92 Å². The largest absolute Gasteiger partial charge is 0.352 e. The Labute approximate surface area is 136 Å². The normalized spacial score (nSPS) is 19.3. The van der Waals surface area contributed by atoms with Crippen LogP contribution in [0.4, 0.5) is 5.69 Å². The number of nitrogens with zero attached hydrogens (tertiary/aromatic N) is 1. The van der Waals surface area contributed by atoms with Gasteiger partial charge in [0, 0.05) is 31.6 Å². The van der Waals surface area contributed by atoms with E-state index in [1.807, 2.05) is 31.2 Å². The van der Waals surface area contributed by atoms with Crippen molar-refractivity contribution in [3.8, 4) is 0 Å². The van der Waals surface area contributed by atoms with Crippen molar-refractivity contribution in [2.75, 3.05) is 23.0 Å². The number of amides is 2. The predicted octanol–water partition coefficient (Wildman–Crippen LogP) is 1.04. The fraction of sp³-hybridized carbons (Fsp3) is 0.500. The van der Waals surface area contributed by atoms with E-state index in [0.29, 0.717) is 6.42 Å². The molecule has 6 nitrogen and oxygen atoms in total. The van der Waals surface area contributed by atoms with Crippen molar-refractivity contribution in [2.24, 2.45) is 0 Å². The van der Waals surface area contributed by atoms with E-state index in [1.54, 1.807) is 4.90 Å². The molecule has 1 aromatic carbocycles. The average molecular weight is 338 g/mol. The first-order chi connectivity index (χ1) is 10.8. The van der Waals surface area contributed by atoms with Crippen LogP contribution in [0.3, 0.4) is 0 Å². The van der Waals surface area contributed by atoms with Gasteiger partial charge in [-0.25, -0.2) is 8.42 Å². The number of carbonyl (C=O) groups excluding carboxylic acids is 2. The molecule has 1 atom stereocenters. The molecular weight excluding hydrogens is 316 g/mol. The van der Waals surface area contributed by atoms with E-state index in [4.69, 9.17) is 0 Å². The van der Waals surface area contributed by atoms with Gasteiger partial charge in [-0.2, -0.15) is 0 Å². The zero-order valence-electron chi connectivity index (χ0n) is 13.4. The molecular formula is C16H22N2O4S. The molecule has 1 aromatic rings. The lowest BCUT2D eigenvalue weighted by Crippen LogP contribution is -2.38. The summed E-state index contributed by atoms with van der Waals surface area (Å²) in [5.41, 5.74) is 1.84. The van der Waals surface area contributed by atoms with Gasteiger partial charge in [0.1, 0.15) is 0 Å². The summed E-state index contributed by atoms with van der Waals surface area (Å²) in [6.45, 7) is 3.69. The second-order valence-corrected chi connectivity index (χ2v) is 8.15. The third-order valence-electron chi connectivity index (χ3n) is 3.89. The number of hydrogen-bond donors (Lipinski definition) is 1. The highest BCUT2D eigenvalue weighted by atomic mass is 32.2. The van der Waals surface area contributed by atoms with Gasteiger partial charge in [-0.1, -0.05) is 17.7 Å². The molecule has 0 aromatic heterocycles. The number of aryl methyl sites for hydroxylation is 1. The zero-order chi connectivity index (χ0) is 17.0. The Kier molecular flexibility index (Phi) is 5.41. The Morgan fingerprint density at radius 1 is 1.26 bits per heavy atom. The minimum atomic E-state index is -3.01. The van der Waals surface area contributed by atoms with Crippen molar-refractivity contribution < 1.29 is 18.0 Å². The molecule has 1 unspecified atom stereocenters. The SMILES string of the molecule is CC(=O)N(CCC(=O)NC1CCS(=O)(=O)C1)c1ccc(C)cc1. The molecule has 2 amide bonds. The van der Waals surface area contributed by atoms with Gasteiger partial charge in [-0.3, -0.25) is 9.59 Å². The fourth-order valence-electron chi connectivity index (χ4n) is 2.62. The minimum Gasteiger partial charge on any atom is -0.352 e. The van der Waals surface area contributed by atoms with Crippen LogP contribution >= 0.6 is 0 Å². The molecule has 1 aliphatic heterocycles. The van der Waals surface area contributed by atoms with Crippen molar-refractivity contribution >= 4 is 27.3 Å². The van der Waals surface area contributed by atoms with Crippen molar-refractivity contribution in [2.45, 2.75) is 32.7 Å². The lowest BCUT2D eigenvalue weighted by molar-refractivity contribution is -0.121. The van der Waals surface area contributed by atoms with Gasteiger partial charge in [-0.05, 0) is 25.5 Å². The summed E-state index contributed by atoms with van der Waals surface area (Å²) in [6.07, 6.45) is 0.604. The van der Waals surface area contributed by atoms with Crippen LogP contribution < -0.4 is 10.2 Å². The molecule has 1 heterocycles. The van der Waals surface area contributed by atoms with Crippen molar-refractivity contribution in [1.29, 1.82) is 0 Å². The number of benzene rings is 1. The number of sulfone groups is 1. The van der Waals surface area contributed by atoms with Crippen LogP contribution in [0.2, 0.25) is 0 Å². The lowest BCUT2D eigenvalue weighted by Gasteiger charge is -2.21. The molecule has 0 bridgehead atoms. The summed E-state index contributed by atoms with van der Waals surface area (Å²) in [7, 11) is -3.01. The summed E-state index contributed by atoms with van der Waals surface area (Å²) in [5.74, 6) is -0.232. The molecule has 0 spiro atoms. The van der Waals surface area contributed by atoms with Gasteiger partial charge < -0.3 is 10.2 Å². The fourth-order valence-corrected chi connectivity index (χ4v) is 4.29. The number of anilines is 1. The quantitative estimate of drug-likeness (QED) is 0.869. The third-order valence-corrected chi connectivity index (χ3v) is 5.65. The first-order valence-corrected chi connectivity index (χ1v) is 9.43. The van der Waals surface area contributed by atoms with Gasteiger partial charge in [0.2, 0.25) is 11.8 Å². The van der Waals surface area contributed by atoms with Crippen LogP contribution in [0, 0.1) is 6.92 Å². The molecule has 1 N–H and O–H groups in total. The summed E-state index contributed by atoms with van der Waals surface area (Å²) >= 11 is 0. The zero-order valence-corrected chi connectivity index (χ0v) is 14.2. The van der Waals surface area contributed by atoms with E-state index in [2.05, 4.69) is 5.32 Å². The molecule has 1 aliphatic rings. The summed E-state index contributed by atoms with van der Waals surface area (Å²) < 4.78 is 22.8. The first-order valence-electron chi connectivity index (χ1n) is 7.61. The molecule has 7 heteroatoms.